The van der Waals surface area contributed by atoms with Crippen LogP contribution in [-0.4, -0.2) is 37.3 Å². The van der Waals surface area contributed by atoms with Crippen molar-refractivity contribution in [1.82, 2.24) is 4.90 Å². The molecule has 2 aliphatic rings. The molecular formula is C21H19NO3. The first kappa shape index (κ1) is 14.7. The summed E-state index contributed by atoms with van der Waals surface area (Å²) in [5.41, 5.74) is 0. The summed E-state index contributed by atoms with van der Waals surface area (Å²) in [7, 11) is 0. The Balaban J connectivity index is 1.43. The second kappa shape index (κ2) is 5.74. The van der Waals surface area contributed by atoms with Crippen LogP contribution in [0.1, 0.15) is 0 Å². The van der Waals surface area contributed by atoms with Gasteiger partial charge in [-0.1, -0.05) is 42.5 Å². The zero-order chi connectivity index (χ0) is 16.8. The third kappa shape index (κ3) is 2.53. The number of hydrogen-bond acceptors (Lipinski definition) is 3. The van der Waals surface area contributed by atoms with Crippen molar-refractivity contribution in [3.8, 4) is 5.75 Å². The molecule has 0 saturated carbocycles. The molecule has 0 aliphatic carbocycles. The molecule has 0 aromatic heterocycles. The minimum atomic E-state index is -0.256. The lowest BCUT2D eigenvalue weighted by atomic mass is 10.0. The van der Waals surface area contributed by atoms with Gasteiger partial charge >= 0.3 is 6.09 Å². The predicted octanol–water partition coefficient (Wildman–Crippen LogP) is 4.07. The van der Waals surface area contributed by atoms with E-state index in [2.05, 4.69) is 24.3 Å². The Kier molecular flexibility index (Phi) is 3.38. The maximum absolute atomic E-state index is 12.5. The molecule has 2 unspecified atom stereocenters. The van der Waals surface area contributed by atoms with Crippen molar-refractivity contribution in [1.29, 1.82) is 0 Å². The van der Waals surface area contributed by atoms with Crippen molar-refractivity contribution >= 4 is 27.6 Å². The molecule has 126 valence electrons. The van der Waals surface area contributed by atoms with Crippen LogP contribution in [0.5, 0.6) is 5.75 Å². The molecule has 2 saturated heterocycles. The van der Waals surface area contributed by atoms with E-state index < -0.39 is 0 Å². The van der Waals surface area contributed by atoms with Gasteiger partial charge in [-0.3, -0.25) is 0 Å². The van der Waals surface area contributed by atoms with Gasteiger partial charge in [0.25, 0.3) is 0 Å². The van der Waals surface area contributed by atoms with Crippen LogP contribution < -0.4 is 4.74 Å². The summed E-state index contributed by atoms with van der Waals surface area (Å²) in [6.07, 6.45) is -0.256. The Morgan fingerprint density at radius 3 is 2.40 bits per heavy atom. The lowest BCUT2D eigenvalue weighted by molar-refractivity contribution is 0.136. The topological polar surface area (TPSA) is 38.8 Å². The van der Waals surface area contributed by atoms with Crippen molar-refractivity contribution in [2.75, 3.05) is 26.3 Å². The zero-order valence-corrected chi connectivity index (χ0v) is 13.9. The minimum Gasteiger partial charge on any atom is -0.410 e. The smallest absolute Gasteiger partial charge is 0.410 e. The second-order valence-electron chi connectivity index (χ2n) is 7.00. The van der Waals surface area contributed by atoms with Gasteiger partial charge in [0.1, 0.15) is 5.75 Å². The van der Waals surface area contributed by atoms with Crippen LogP contribution in [0.15, 0.2) is 54.6 Å². The zero-order valence-electron chi connectivity index (χ0n) is 13.9. The van der Waals surface area contributed by atoms with Gasteiger partial charge in [-0.15, -0.1) is 0 Å². The quantitative estimate of drug-likeness (QED) is 0.630. The SMILES string of the molecule is O=C(Oc1ccc2ccc3ccccc3c2c1)N1CC2COCC2C1. The highest BCUT2D eigenvalue weighted by molar-refractivity contribution is 6.07. The summed E-state index contributed by atoms with van der Waals surface area (Å²) in [6, 6.07) is 18.3. The van der Waals surface area contributed by atoms with Crippen LogP contribution in [0.3, 0.4) is 0 Å². The molecule has 2 aliphatic heterocycles. The van der Waals surface area contributed by atoms with E-state index in [1.807, 2.05) is 35.2 Å². The van der Waals surface area contributed by atoms with Crippen LogP contribution in [0.2, 0.25) is 0 Å². The van der Waals surface area contributed by atoms with E-state index in [-0.39, 0.29) is 6.09 Å². The number of fused-ring (bicyclic) bond motifs is 4. The summed E-state index contributed by atoms with van der Waals surface area (Å²) >= 11 is 0. The van der Waals surface area contributed by atoms with E-state index in [1.165, 1.54) is 10.8 Å². The van der Waals surface area contributed by atoms with Crippen molar-refractivity contribution in [3.63, 3.8) is 0 Å². The third-order valence-electron chi connectivity index (χ3n) is 5.42. The molecule has 5 rings (SSSR count). The number of ether oxygens (including phenoxy) is 2. The molecule has 0 spiro atoms. The Hall–Kier alpha value is -2.59. The van der Waals surface area contributed by atoms with Crippen LogP contribution in [-0.2, 0) is 4.74 Å². The monoisotopic (exact) mass is 333 g/mol. The van der Waals surface area contributed by atoms with Gasteiger partial charge < -0.3 is 14.4 Å². The lowest BCUT2D eigenvalue weighted by Gasteiger charge is -2.17. The molecule has 0 bridgehead atoms. The summed E-state index contributed by atoms with van der Waals surface area (Å²) in [4.78, 5) is 14.3. The average Bonchev–Trinajstić information content (AvgIpc) is 3.23. The first-order valence-electron chi connectivity index (χ1n) is 8.74. The van der Waals surface area contributed by atoms with Gasteiger partial charge in [0.2, 0.25) is 0 Å². The minimum absolute atomic E-state index is 0.256. The maximum Gasteiger partial charge on any atom is 0.415 e. The van der Waals surface area contributed by atoms with Crippen LogP contribution in [0.25, 0.3) is 21.5 Å². The Bertz CT molecular complexity index is 956. The fourth-order valence-electron chi connectivity index (χ4n) is 4.05. The largest absolute Gasteiger partial charge is 0.415 e. The average molecular weight is 333 g/mol. The van der Waals surface area contributed by atoms with Gasteiger partial charge in [-0.25, -0.2) is 4.79 Å². The standard InChI is InChI=1S/C21H19NO3/c23-21(22-10-16-12-24-13-17(16)11-22)25-18-8-7-15-6-5-14-3-1-2-4-19(14)20(15)9-18/h1-9,16-17H,10-13H2. The number of rotatable bonds is 1. The van der Waals surface area contributed by atoms with E-state index in [4.69, 9.17) is 9.47 Å². The Morgan fingerprint density at radius 2 is 1.60 bits per heavy atom. The molecule has 3 aromatic rings. The summed E-state index contributed by atoms with van der Waals surface area (Å²) in [6.45, 7) is 2.99. The van der Waals surface area contributed by atoms with E-state index >= 15 is 0 Å². The van der Waals surface area contributed by atoms with Crippen molar-refractivity contribution < 1.29 is 14.3 Å². The van der Waals surface area contributed by atoms with E-state index in [0.717, 1.165) is 37.1 Å². The first-order chi connectivity index (χ1) is 12.3. The Morgan fingerprint density at radius 1 is 0.920 bits per heavy atom. The molecule has 2 heterocycles. The molecule has 0 radical (unpaired) electrons. The van der Waals surface area contributed by atoms with Crippen LogP contribution >= 0.6 is 0 Å². The molecular weight excluding hydrogens is 314 g/mol. The molecule has 1 amide bonds. The summed E-state index contributed by atoms with van der Waals surface area (Å²) in [5.74, 6) is 1.53. The van der Waals surface area contributed by atoms with Gasteiger partial charge in [0, 0.05) is 24.9 Å². The van der Waals surface area contributed by atoms with Crippen molar-refractivity contribution in [2.45, 2.75) is 0 Å². The van der Waals surface area contributed by atoms with Gasteiger partial charge in [0.15, 0.2) is 0 Å². The van der Waals surface area contributed by atoms with Gasteiger partial charge in [-0.05, 0) is 33.7 Å². The number of carbonyl (C=O) groups is 1. The lowest BCUT2D eigenvalue weighted by Crippen LogP contribution is -2.32. The molecule has 4 heteroatoms. The number of nitrogens with zero attached hydrogens (tertiary/aromatic N) is 1. The van der Waals surface area contributed by atoms with E-state index in [1.54, 1.807) is 0 Å². The second-order valence-corrected chi connectivity index (χ2v) is 7.00. The number of hydrogen-bond donors (Lipinski definition) is 0. The van der Waals surface area contributed by atoms with Gasteiger partial charge in [-0.2, -0.15) is 0 Å². The summed E-state index contributed by atoms with van der Waals surface area (Å²) < 4.78 is 11.1. The maximum atomic E-state index is 12.5. The number of amides is 1. The predicted molar refractivity (Wildman–Crippen MR) is 96.9 cm³/mol. The molecule has 3 aromatic carbocycles. The van der Waals surface area contributed by atoms with Crippen molar-refractivity contribution in [3.05, 3.63) is 54.6 Å². The highest BCUT2D eigenvalue weighted by atomic mass is 16.6. The fourth-order valence-corrected chi connectivity index (χ4v) is 4.05. The molecule has 25 heavy (non-hydrogen) atoms. The molecule has 2 fully saturated rings. The van der Waals surface area contributed by atoms with Gasteiger partial charge in [0.05, 0.1) is 13.2 Å². The summed E-state index contributed by atoms with van der Waals surface area (Å²) in [5, 5.41) is 4.61. The number of benzene rings is 3. The molecule has 2 atom stereocenters. The Labute approximate surface area is 145 Å². The highest BCUT2D eigenvalue weighted by Gasteiger charge is 2.39. The van der Waals surface area contributed by atoms with E-state index in [0.29, 0.717) is 17.6 Å². The fraction of sp³-hybridized carbons (Fsp3) is 0.286. The van der Waals surface area contributed by atoms with Crippen LogP contribution in [0.4, 0.5) is 4.79 Å². The highest BCUT2D eigenvalue weighted by Crippen LogP contribution is 2.31. The van der Waals surface area contributed by atoms with E-state index in [9.17, 15) is 4.79 Å². The third-order valence-corrected chi connectivity index (χ3v) is 5.42. The molecule has 4 nitrogen and oxygen atoms in total. The molecule has 0 N–H and O–H groups in total. The van der Waals surface area contributed by atoms with Crippen molar-refractivity contribution in [2.24, 2.45) is 11.8 Å². The number of likely N-dealkylation sites (tertiary alicyclic amines) is 1. The van der Waals surface area contributed by atoms with Crippen LogP contribution in [0, 0.1) is 11.8 Å². The number of carbonyl (C=O) groups excluding carboxylic acids is 1. The first-order valence-corrected chi connectivity index (χ1v) is 8.74. The normalized spacial score (nSPS) is 22.5.